The van der Waals surface area contributed by atoms with E-state index in [1.54, 1.807) is 0 Å². The van der Waals surface area contributed by atoms with E-state index in [0.717, 1.165) is 96.1 Å². The van der Waals surface area contributed by atoms with Crippen LogP contribution in [0.3, 0.4) is 0 Å². The quantitative estimate of drug-likeness (QED) is 0.335. The Labute approximate surface area is 196 Å². The summed E-state index contributed by atoms with van der Waals surface area (Å²) < 4.78 is 6.67. The summed E-state index contributed by atoms with van der Waals surface area (Å²) in [4.78, 5) is 0. The first-order chi connectivity index (χ1) is 15.5. The summed E-state index contributed by atoms with van der Waals surface area (Å²) in [6.07, 6.45) is 16.2. The number of fused-ring (bicyclic) bond motifs is 13. The zero-order valence-electron chi connectivity index (χ0n) is 20.6. The average Bonchev–Trinajstić information content (AvgIpc) is 3.57. The molecule has 14 unspecified atom stereocenters. The number of ether oxygens (including phenoxy) is 1. The fourth-order valence-corrected chi connectivity index (χ4v) is 11.9. The van der Waals surface area contributed by atoms with Crippen molar-refractivity contribution in [3.05, 3.63) is 30.5 Å². The van der Waals surface area contributed by atoms with Crippen molar-refractivity contribution in [2.45, 2.75) is 59.3 Å². The smallest absolute Gasteiger partial charge is 0.0497 e. The van der Waals surface area contributed by atoms with Crippen LogP contribution in [0.15, 0.2) is 30.5 Å². The fourth-order valence-electron chi connectivity index (χ4n) is 11.9. The number of rotatable bonds is 5. The molecule has 1 nitrogen and oxygen atoms in total. The molecule has 1 heteroatoms. The van der Waals surface area contributed by atoms with Crippen LogP contribution in [0.5, 0.6) is 0 Å². The highest BCUT2D eigenvalue weighted by Crippen LogP contribution is 2.69. The lowest BCUT2D eigenvalue weighted by atomic mass is 9.55. The van der Waals surface area contributed by atoms with Crippen LogP contribution in [0, 0.1) is 88.3 Å². The van der Waals surface area contributed by atoms with Gasteiger partial charge >= 0.3 is 0 Å². The van der Waals surface area contributed by atoms with Gasteiger partial charge in [0.15, 0.2) is 0 Å². The third-order valence-electron chi connectivity index (χ3n) is 12.7. The molecule has 0 spiro atoms. The van der Waals surface area contributed by atoms with Crippen LogP contribution in [0.25, 0.3) is 0 Å². The zero-order valence-corrected chi connectivity index (χ0v) is 20.6. The molecule has 0 N–H and O–H groups in total. The van der Waals surface area contributed by atoms with Crippen LogP contribution in [-0.4, -0.2) is 13.2 Å². The van der Waals surface area contributed by atoms with E-state index < -0.39 is 0 Å². The minimum absolute atomic E-state index is 0.536. The Morgan fingerprint density at radius 2 is 1.66 bits per heavy atom. The molecule has 7 aliphatic rings. The molecule has 32 heavy (non-hydrogen) atoms. The Morgan fingerprint density at radius 3 is 2.47 bits per heavy atom. The molecule has 0 aromatic carbocycles. The molecule has 0 saturated heterocycles. The van der Waals surface area contributed by atoms with Crippen LogP contribution in [0.2, 0.25) is 0 Å². The zero-order chi connectivity index (χ0) is 21.8. The van der Waals surface area contributed by atoms with E-state index in [1.165, 1.54) is 38.5 Å². The molecule has 6 saturated carbocycles. The van der Waals surface area contributed by atoms with E-state index in [1.807, 2.05) is 0 Å². The Balaban J connectivity index is 1.000. The van der Waals surface area contributed by atoms with Crippen molar-refractivity contribution < 1.29 is 4.74 Å². The maximum Gasteiger partial charge on any atom is 0.0497 e. The van der Waals surface area contributed by atoms with Gasteiger partial charge in [0.05, 0.1) is 0 Å². The lowest BCUT2D eigenvalue weighted by molar-refractivity contribution is -0.0130. The second kappa shape index (κ2) is 7.11. The van der Waals surface area contributed by atoms with Crippen LogP contribution in [0.1, 0.15) is 59.3 Å². The van der Waals surface area contributed by atoms with Crippen LogP contribution >= 0.6 is 0 Å². The highest BCUT2D eigenvalue weighted by atomic mass is 16.5. The molecule has 6 fully saturated rings. The first-order valence-electron chi connectivity index (χ1n) is 14.1. The maximum atomic E-state index is 6.67. The lowest BCUT2D eigenvalue weighted by Gasteiger charge is -2.50. The highest BCUT2D eigenvalue weighted by Gasteiger charge is 2.63. The van der Waals surface area contributed by atoms with Crippen LogP contribution in [-0.2, 0) is 4.74 Å². The number of hydrogen-bond acceptors (Lipinski definition) is 1. The van der Waals surface area contributed by atoms with Gasteiger partial charge in [0.2, 0.25) is 0 Å². The van der Waals surface area contributed by atoms with Crippen LogP contribution in [0.4, 0.5) is 0 Å². The predicted octanol–water partition coefficient (Wildman–Crippen LogP) is 7.01. The van der Waals surface area contributed by atoms with Gasteiger partial charge in [0.1, 0.15) is 0 Å². The van der Waals surface area contributed by atoms with E-state index >= 15 is 0 Å². The fraction of sp³-hybridized carbons (Fsp3) is 0.839. The molecular weight excluding hydrogens is 388 g/mol. The first-order valence-corrected chi connectivity index (χ1v) is 14.1. The van der Waals surface area contributed by atoms with Gasteiger partial charge in [-0.15, -0.1) is 5.73 Å². The minimum Gasteiger partial charge on any atom is -0.381 e. The van der Waals surface area contributed by atoms with Crippen molar-refractivity contribution in [1.29, 1.82) is 0 Å². The Kier molecular flexibility index (Phi) is 4.58. The minimum atomic E-state index is 0.536. The molecule has 0 amide bonds. The van der Waals surface area contributed by atoms with Gasteiger partial charge in [-0.05, 0) is 133 Å². The molecule has 7 rings (SSSR count). The molecule has 0 aromatic heterocycles. The number of allylic oxidation sites excluding steroid dienone is 3. The largest absolute Gasteiger partial charge is 0.381 e. The second-order valence-corrected chi connectivity index (χ2v) is 14.1. The van der Waals surface area contributed by atoms with Gasteiger partial charge in [-0.1, -0.05) is 39.5 Å². The SMILES string of the molecule is C=C=CC1CC(C)C2C3CC(CC3COCC3CC4CC3C3C5C=CC(C5)C3C4(C)C)C12. The van der Waals surface area contributed by atoms with Gasteiger partial charge in [0, 0.05) is 13.2 Å². The summed E-state index contributed by atoms with van der Waals surface area (Å²) in [6, 6.07) is 0. The summed E-state index contributed by atoms with van der Waals surface area (Å²) >= 11 is 0. The number of hydrogen-bond donors (Lipinski definition) is 0. The normalized spacial score (nSPS) is 57.6. The highest BCUT2D eigenvalue weighted by molar-refractivity contribution is 5.21. The summed E-state index contributed by atoms with van der Waals surface area (Å²) in [7, 11) is 0. The van der Waals surface area contributed by atoms with E-state index in [0.29, 0.717) is 5.41 Å². The van der Waals surface area contributed by atoms with Gasteiger partial charge in [0.25, 0.3) is 0 Å². The van der Waals surface area contributed by atoms with E-state index in [4.69, 9.17) is 4.74 Å². The maximum absolute atomic E-state index is 6.67. The predicted molar refractivity (Wildman–Crippen MR) is 130 cm³/mol. The Bertz CT molecular complexity index is 847. The van der Waals surface area contributed by atoms with Crippen molar-refractivity contribution in [2.24, 2.45) is 88.3 Å². The van der Waals surface area contributed by atoms with Crippen LogP contribution < -0.4 is 0 Å². The lowest BCUT2D eigenvalue weighted by Crippen LogP contribution is -2.44. The van der Waals surface area contributed by atoms with Gasteiger partial charge in [-0.3, -0.25) is 0 Å². The van der Waals surface area contributed by atoms with Gasteiger partial charge in [-0.2, -0.15) is 0 Å². The van der Waals surface area contributed by atoms with Gasteiger partial charge in [-0.25, -0.2) is 0 Å². The summed E-state index contributed by atoms with van der Waals surface area (Å²) in [6.45, 7) is 13.7. The molecular formula is C31H44O. The molecule has 174 valence electrons. The molecule has 0 aliphatic heterocycles. The first kappa shape index (κ1) is 20.6. The Morgan fingerprint density at radius 1 is 0.906 bits per heavy atom. The average molecular weight is 433 g/mol. The molecule has 6 bridgehead atoms. The van der Waals surface area contributed by atoms with Crippen molar-refractivity contribution in [2.75, 3.05) is 13.2 Å². The van der Waals surface area contributed by atoms with Crippen molar-refractivity contribution in [1.82, 2.24) is 0 Å². The Hall–Kier alpha value is -0.780. The molecule has 7 aliphatic carbocycles. The monoisotopic (exact) mass is 432 g/mol. The van der Waals surface area contributed by atoms with Crippen molar-refractivity contribution >= 4 is 0 Å². The van der Waals surface area contributed by atoms with E-state index in [9.17, 15) is 0 Å². The van der Waals surface area contributed by atoms with E-state index in [2.05, 4.69) is 51.3 Å². The molecule has 0 aromatic rings. The third-order valence-corrected chi connectivity index (χ3v) is 12.7. The molecule has 0 heterocycles. The topological polar surface area (TPSA) is 9.23 Å². The van der Waals surface area contributed by atoms with Crippen molar-refractivity contribution in [3.63, 3.8) is 0 Å². The van der Waals surface area contributed by atoms with E-state index in [-0.39, 0.29) is 0 Å². The summed E-state index contributed by atoms with van der Waals surface area (Å²) in [5.74, 6) is 12.7. The molecule has 14 atom stereocenters. The summed E-state index contributed by atoms with van der Waals surface area (Å²) in [5.41, 5.74) is 3.66. The molecule has 0 radical (unpaired) electrons. The summed E-state index contributed by atoms with van der Waals surface area (Å²) in [5, 5.41) is 0. The van der Waals surface area contributed by atoms with Crippen molar-refractivity contribution in [3.8, 4) is 0 Å². The van der Waals surface area contributed by atoms with Gasteiger partial charge < -0.3 is 4.74 Å². The standard InChI is InChI=1S/C31H44O/c1-5-6-18-9-17(2)27-25-13-21(28(18)27)11-22(25)15-32-16-23-12-24-14-26(23)29-19-7-8-20(10-19)30(29)31(24,3)4/h6-8,17-30H,1,9-16H2,2-4H3. The third kappa shape index (κ3) is 2.68. The second-order valence-electron chi connectivity index (χ2n) is 14.1.